The van der Waals surface area contributed by atoms with Gasteiger partial charge in [0.05, 0.1) is 0 Å². The van der Waals surface area contributed by atoms with E-state index in [0.29, 0.717) is 6.04 Å². The molecule has 0 aliphatic carbocycles. The maximum atomic E-state index is 2.36. The monoisotopic (exact) mass is 187 g/mol. The molecule has 0 N–H and O–H groups in total. The van der Waals surface area contributed by atoms with Crippen molar-refractivity contribution in [2.24, 2.45) is 0 Å². The highest BCUT2D eigenvalue weighted by atomic mass is 15.2. The predicted octanol–water partition coefficient (Wildman–Crippen LogP) is 3.42. The molecule has 1 aliphatic rings. The zero-order chi connectivity index (χ0) is 10.1. The molecule has 1 heterocycles. The summed E-state index contributed by atoms with van der Waals surface area (Å²) in [4.78, 5) is 2.36. The number of rotatable bonds is 1. The standard InChI is InChI=1S/C13H17N/c1-10-6-4-8-13(12(10)3)14-9-5-7-11(14)2/h4-6,8-9,11H,7H2,1-3H3/t11-/m1/s1. The molecule has 0 fully saturated rings. The first kappa shape index (κ1) is 9.32. The maximum absolute atomic E-state index is 2.36. The normalized spacial score (nSPS) is 20.5. The van der Waals surface area contributed by atoms with Gasteiger partial charge in [-0.1, -0.05) is 18.2 Å². The van der Waals surface area contributed by atoms with Crippen LogP contribution < -0.4 is 4.90 Å². The Morgan fingerprint density at radius 1 is 1.29 bits per heavy atom. The second-order valence-electron chi connectivity index (χ2n) is 4.10. The third-order valence-electron chi connectivity index (χ3n) is 3.07. The fourth-order valence-electron chi connectivity index (χ4n) is 1.96. The molecule has 0 saturated heterocycles. The van der Waals surface area contributed by atoms with Gasteiger partial charge in [0.15, 0.2) is 0 Å². The number of anilines is 1. The highest BCUT2D eigenvalue weighted by Gasteiger charge is 2.17. The second kappa shape index (κ2) is 3.49. The van der Waals surface area contributed by atoms with Crippen LogP contribution in [0.4, 0.5) is 5.69 Å². The Kier molecular flexibility index (Phi) is 2.32. The Bertz CT molecular complexity index is 365. The molecule has 74 valence electrons. The second-order valence-corrected chi connectivity index (χ2v) is 4.10. The van der Waals surface area contributed by atoms with E-state index in [4.69, 9.17) is 0 Å². The van der Waals surface area contributed by atoms with E-state index in [1.165, 1.54) is 16.8 Å². The van der Waals surface area contributed by atoms with Crippen LogP contribution in [0.25, 0.3) is 0 Å². The quantitative estimate of drug-likeness (QED) is 0.651. The summed E-state index contributed by atoms with van der Waals surface area (Å²) in [5.74, 6) is 0. The van der Waals surface area contributed by atoms with E-state index in [-0.39, 0.29) is 0 Å². The first-order valence-corrected chi connectivity index (χ1v) is 5.21. The van der Waals surface area contributed by atoms with Crippen molar-refractivity contribution < 1.29 is 0 Å². The molecule has 1 aromatic rings. The molecule has 0 amide bonds. The highest BCUT2D eigenvalue weighted by molar-refractivity contribution is 5.59. The van der Waals surface area contributed by atoms with Gasteiger partial charge in [0.1, 0.15) is 0 Å². The lowest BCUT2D eigenvalue weighted by Gasteiger charge is -2.25. The van der Waals surface area contributed by atoms with Crippen LogP contribution in [-0.4, -0.2) is 6.04 Å². The van der Waals surface area contributed by atoms with Crippen LogP contribution in [0.1, 0.15) is 24.5 Å². The smallest absolute Gasteiger partial charge is 0.0440 e. The average Bonchev–Trinajstić information content (AvgIpc) is 2.57. The van der Waals surface area contributed by atoms with Gasteiger partial charge in [0.25, 0.3) is 0 Å². The first-order chi connectivity index (χ1) is 6.70. The van der Waals surface area contributed by atoms with Crippen LogP contribution in [0, 0.1) is 13.8 Å². The Morgan fingerprint density at radius 2 is 2.07 bits per heavy atom. The molecule has 0 aromatic heterocycles. The lowest BCUT2D eigenvalue weighted by molar-refractivity contribution is 0.757. The summed E-state index contributed by atoms with van der Waals surface area (Å²) in [6.07, 6.45) is 5.60. The predicted molar refractivity (Wildman–Crippen MR) is 61.6 cm³/mol. The van der Waals surface area contributed by atoms with E-state index >= 15 is 0 Å². The Labute approximate surface area is 86.1 Å². The van der Waals surface area contributed by atoms with Gasteiger partial charge in [-0.3, -0.25) is 0 Å². The largest absolute Gasteiger partial charge is 0.345 e. The van der Waals surface area contributed by atoms with Crippen LogP contribution in [0.3, 0.4) is 0 Å². The third kappa shape index (κ3) is 1.43. The summed E-state index contributed by atoms with van der Waals surface area (Å²) in [6.45, 7) is 6.63. The minimum absolute atomic E-state index is 0.607. The topological polar surface area (TPSA) is 3.24 Å². The van der Waals surface area contributed by atoms with Crippen molar-refractivity contribution in [3.05, 3.63) is 41.6 Å². The molecule has 0 saturated carbocycles. The Hall–Kier alpha value is -1.24. The average molecular weight is 187 g/mol. The van der Waals surface area contributed by atoms with Crippen LogP contribution in [0.5, 0.6) is 0 Å². The van der Waals surface area contributed by atoms with Gasteiger partial charge in [-0.2, -0.15) is 0 Å². The maximum Gasteiger partial charge on any atom is 0.0440 e. The number of hydrogen-bond acceptors (Lipinski definition) is 1. The van der Waals surface area contributed by atoms with Crippen molar-refractivity contribution in [1.82, 2.24) is 0 Å². The van der Waals surface area contributed by atoms with Crippen LogP contribution in [0.15, 0.2) is 30.5 Å². The fourth-order valence-corrected chi connectivity index (χ4v) is 1.96. The summed E-state index contributed by atoms with van der Waals surface area (Å²) in [5, 5.41) is 0. The minimum Gasteiger partial charge on any atom is -0.345 e. The zero-order valence-corrected chi connectivity index (χ0v) is 9.12. The van der Waals surface area contributed by atoms with E-state index in [1.807, 2.05) is 0 Å². The molecule has 1 aliphatic heterocycles. The molecule has 1 aromatic carbocycles. The van der Waals surface area contributed by atoms with Crippen molar-refractivity contribution in [1.29, 1.82) is 0 Å². The van der Waals surface area contributed by atoms with Crippen molar-refractivity contribution in [2.45, 2.75) is 33.2 Å². The van der Waals surface area contributed by atoms with E-state index in [1.54, 1.807) is 0 Å². The van der Waals surface area contributed by atoms with Gasteiger partial charge in [-0.25, -0.2) is 0 Å². The highest BCUT2D eigenvalue weighted by Crippen LogP contribution is 2.28. The summed E-state index contributed by atoms with van der Waals surface area (Å²) < 4.78 is 0. The van der Waals surface area contributed by atoms with Gasteiger partial charge in [-0.05, 0) is 44.4 Å². The lowest BCUT2D eigenvalue weighted by Crippen LogP contribution is -2.23. The molecule has 0 spiro atoms. The van der Waals surface area contributed by atoms with E-state index < -0.39 is 0 Å². The third-order valence-corrected chi connectivity index (χ3v) is 3.07. The van der Waals surface area contributed by atoms with Gasteiger partial charge >= 0.3 is 0 Å². The van der Waals surface area contributed by atoms with Gasteiger partial charge in [0.2, 0.25) is 0 Å². The molecule has 0 unspecified atom stereocenters. The molecular weight excluding hydrogens is 170 g/mol. The number of hydrogen-bond donors (Lipinski definition) is 0. The summed E-state index contributed by atoms with van der Waals surface area (Å²) >= 11 is 0. The lowest BCUT2D eigenvalue weighted by atomic mass is 10.1. The molecule has 1 heteroatoms. The first-order valence-electron chi connectivity index (χ1n) is 5.21. The van der Waals surface area contributed by atoms with Crippen LogP contribution in [0.2, 0.25) is 0 Å². The summed E-state index contributed by atoms with van der Waals surface area (Å²) in [5.41, 5.74) is 4.12. The van der Waals surface area contributed by atoms with Crippen molar-refractivity contribution in [3.8, 4) is 0 Å². The minimum atomic E-state index is 0.607. The van der Waals surface area contributed by atoms with Crippen molar-refractivity contribution in [3.63, 3.8) is 0 Å². The van der Waals surface area contributed by atoms with E-state index in [2.05, 4.69) is 56.1 Å². The Morgan fingerprint density at radius 3 is 2.71 bits per heavy atom. The zero-order valence-electron chi connectivity index (χ0n) is 9.12. The number of benzene rings is 1. The molecule has 0 radical (unpaired) electrons. The van der Waals surface area contributed by atoms with Crippen molar-refractivity contribution >= 4 is 5.69 Å². The van der Waals surface area contributed by atoms with Crippen LogP contribution in [-0.2, 0) is 0 Å². The molecule has 1 nitrogen and oxygen atoms in total. The number of aryl methyl sites for hydroxylation is 1. The summed E-state index contributed by atoms with van der Waals surface area (Å²) in [7, 11) is 0. The van der Waals surface area contributed by atoms with Gasteiger partial charge < -0.3 is 4.90 Å². The van der Waals surface area contributed by atoms with Gasteiger partial charge in [0, 0.05) is 17.9 Å². The molecule has 2 rings (SSSR count). The number of nitrogens with zero attached hydrogens (tertiary/aromatic N) is 1. The molecule has 1 atom stereocenters. The van der Waals surface area contributed by atoms with Crippen LogP contribution >= 0.6 is 0 Å². The van der Waals surface area contributed by atoms with E-state index in [0.717, 1.165) is 6.42 Å². The van der Waals surface area contributed by atoms with Gasteiger partial charge in [-0.15, -0.1) is 0 Å². The fraction of sp³-hybridized carbons (Fsp3) is 0.385. The SMILES string of the molecule is Cc1cccc(N2C=CC[C@H]2C)c1C. The molecular formula is C13H17N. The van der Waals surface area contributed by atoms with Crippen molar-refractivity contribution in [2.75, 3.05) is 4.90 Å². The van der Waals surface area contributed by atoms with E-state index in [9.17, 15) is 0 Å². The summed E-state index contributed by atoms with van der Waals surface area (Å²) in [6, 6.07) is 7.12. The Balaban J connectivity index is 2.41. The molecule has 0 bridgehead atoms. The molecule has 14 heavy (non-hydrogen) atoms.